The molecule has 0 unspecified atom stereocenters. The molecule has 0 aliphatic rings. The van der Waals surface area contributed by atoms with E-state index in [1.165, 1.54) is 20.0 Å². The smallest absolute Gasteiger partial charge is 0.264 e. The summed E-state index contributed by atoms with van der Waals surface area (Å²) in [7, 11) is -2.43. The summed E-state index contributed by atoms with van der Waals surface area (Å²) in [6.07, 6.45) is 0. The quantitative estimate of drug-likeness (QED) is 0.887. The predicted octanol–water partition coefficient (Wildman–Crippen LogP) is 2.85. The van der Waals surface area contributed by atoms with Crippen molar-refractivity contribution in [2.24, 2.45) is 0 Å². The highest BCUT2D eigenvalue weighted by molar-refractivity contribution is 7.92. The summed E-state index contributed by atoms with van der Waals surface area (Å²) >= 11 is 0. The van der Waals surface area contributed by atoms with Crippen molar-refractivity contribution in [1.29, 1.82) is 0 Å². The molecule has 0 saturated heterocycles. The lowest BCUT2D eigenvalue weighted by molar-refractivity contribution is 0.588. The first-order valence-electron chi connectivity index (χ1n) is 6.34. The van der Waals surface area contributed by atoms with Gasteiger partial charge < -0.3 is 5.73 Å². The first-order chi connectivity index (χ1) is 9.73. The Morgan fingerprint density at radius 1 is 1.10 bits per heavy atom. The first-order valence-corrected chi connectivity index (χ1v) is 7.78. The van der Waals surface area contributed by atoms with E-state index in [1.54, 1.807) is 12.1 Å². The summed E-state index contributed by atoms with van der Waals surface area (Å²) in [6.45, 7) is 3.42. The van der Waals surface area contributed by atoms with Crippen LogP contribution in [0.1, 0.15) is 11.1 Å². The standard InChI is InChI=1S/C15H17FN2O2S/c1-10-4-6-12(7-5-10)18(3)21(19,20)13-8-14(16)11(2)15(17)9-13/h4-9H,17H2,1-3H3. The van der Waals surface area contributed by atoms with Gasteiger partial charge in [-0.25, -0.2) is 12.8 Å². The fourth-order valence-corrected chi connectivity index (χ4v) is 3.12. The molecule has 21 heavy (non-hydrogen) atoms. The number of rotatable bonds is 3. The van der Waals surface area contributed by atoms with Gasteiger partial charge in [0.2, 0.25) is 0 Å². The van der Waals surface area contributed by atoms with Crippen molar-refractivity contribution in [3.05, 3.63) is 53.3 Å². The van der Waals surface area contributed by atoms with Crippen LogP contribution in [-0.2, 0) is 10.0 Å². The summed E-state index contributed by atoms with van der Waals surface area (Å²) < 4.78 is 39.9. The van der Waals surface area contributed by atoms with E-state index in [1.807, 2.05) is 19.1 Å². The summed E-state index contributed by atoms with van der Waals surface area (Å²) in [5.74, 6) is -0.633. The monoisotopic (exact) mass is 308 g/mol. The molecule has 0 fully saturated rings. The lowest BCUT2D eigenvalue weighted by Crippen LogP contribution is -2.26. The molecular weight excluding hydrogens is 291 g/mol. The molecule has 0 spiro atoms. The SMILES string of the molecule is Cc1ccc(N(C)S(=O)(=O)c2cc(N)c(C)c(F)c2)cc1. The number of halogens is 1. The van der Waals surface area contributed by atoms with Crippen molar-refractivity contribution in [1.82, 2.24) is 0 Å². The van der Waals surface area contributed by atoms with Crippen LogP contribution in [0.25, 0.3) is 0 Å². The molecule has 4 nitrogen and oxygen atoms in total. The van der Waals surface area contributed by atoms with E-state index in [0.717, 1.165) is 15.9 Å². The van der Waals surface area contributed by atoms with E-state index in [9.17, 15) is 12.8 Å². The molecule has 0 bridgehead atoms. The molecule has 0 saturated carbocycles. The van der Waals surface area contributed by atoms with Crippen molar-refractivity contribution in [3.8, 4) is 0 Å². The minimum absolute atomic E-state index is 0.117. The third-order valence-corrected chi connectivity index (χ3v) is 5.18. The first kappa shape index (κ1) is 15.3. The minimum atomic E-state index is -3.85. The molecule has 2 rings (SSSR count). The summed E-state index contributed by atoms with van der Waals surface area (Å²) in [6, 6.07) is 9.28. The molecule has 2 aromatic carbocycles. The second-order valence-corrected chi connectivity index (χ2v) is 6.90. The molecule has 112 valence electrons. The van der Waals surface area contributed by atoms with Crippen LogP contribution in [0.3, 0.4) is 0 Å². The number of hydrogen-bond acceptors (Lipinski definition) is 3. The van der Waals surface area contributed by atoms with Crippen molar-refractivity contribution >= 4 is 21.4 Å². The highest BCUT2D eigenvalue weighted by Gasteiger charge is 2.23. The van der Waals surface area contributed by atoms with Crippen LogP contribution < -0.4 is 10.0 Å². The number of nitrogens with zero attached hydrogens (tertiary/aromatic N) is 1. The van der Waals surface area contributed by atoms with Crippen LogP contribution in [0, 0.1) is 19.7 Å². The minimum Gasteiger partial charge on any atom is -0.398 e. The van der Waals surface area contributed by atoms with E-state index >= 15 is 0 Å². The van der Waals surface area contributed by atoms with E-state index in [-0.39, 0.29) is 16.1 Å². The van der Waals surface area contributed by atoms with Gasteiger partial charge in [-0.3, -0.25) is 4.31 Å². The van der Waals surface area contributed by atoms with Gasteiger partial charge in [-0.1, -0.05) is 17.7 Å². The maximum atomic E-state index is 13.7. The molecule has 0 amide bonds. The predicted molar refractivity (Wildman–Crippen MR) is 82.3 cm³/mol. The zero-order chi connectivity index (χ0) is 15.8. The lowest BCUT2D eigenvalue weighted by Gasteiger charge is -2.20. The Morgan fingerprint density at radius 2 is 1.67 bits per heavy atom. The molecule has 2 aromatic rings. The molecule has 0 aromatic heterocycles. The van der Waals surface area contributed by atoms with Crippen LogP contribution in [0.4, 0.5) is 15.8 Å². The van der Waals surface area contributed by atoms with Gasteiger partial charge in [0.1, 0.15) is 5.82 Å². The van der Waals surface area contributed by atoms with Gasteiger partial charge >= 0.3 is 0 Å². The lowest BCUT2D eigenvalue weighted by atomic mass is 10.2. The molecule has 2 N–H and O–H groups in total. The summed E-state index contributed by atoms with van der Waals surface area (Å²) in [5, 5.41) is 0. The summed E-state index contributed by atoms with van der Waals surface area (Å²) in [4.78, 5) is -0.161. The van der Waals surface area contributed by atoms with Gasteiger partial charge in [-0.05, 0) is 38.1 Å². The molecule has 0 aliphatic heterocycles. The number of aryl methyl sites for hydroxylation is 1. The second kappa shape index (κ2) is 5.37. The van der Waals surface area contributed by atoms with Gasteiger partial charge in [-0.2, -0.15) is 0 Å². The molecular formula is C15H17FN2O2S. The molecule has 0 radical (unpaired) electrons. The van der Waals surface area contributed by atoms with Crippen molar-refractivity contribution < 1.29 is 12.8 Å². The Kier molecular flexibility index (Phi) is 3.91. The fourth-order valence-electron chi connectivity index (χ4n) is 1.87. The van der Waals surface area contributed by atoms with Gasteiger partial charge in [0.15, 0.2) is 0 Å². The van der Waals surface area contributed by atoms with Crippen molar-refractivity contribution in [2.45, 2.75) is 18.7 Å². The normalized spacial score (nSPS) is 11.4. The maximum absolute atomic E-state index is 13.7. The van der Waals surface area contributed by atoms with E-state index in [0.29, 0.717) is 5.69 Å². The number of benzene rings is 2. The Balaban J connectivity index is 2.49. The largest absolute Gasteiger partial charge is 0.398 e. The number of nitrogen functional groups attached to an aromatic ring is 1. The zero-order valence-electron chi connectivity index (χ0n) is 12.1. The molecule has 6 heteroatoms. The maximum Gasteiger partial charge on any atom is 0.264 e. The number of sulfonamides is 1. The van der Waals surface area contributed by atoms with Crippen LogP contribution in [0.2, 0.25) is 0 Å². The average Bonchev–Trinajstić information content (AvgIpc) is 2.44. The van der Waals surface area contributed by atoms with Crippen LogP contribution in [-0.4, -0.2) is 15.5 Å². The summed E-state index contributed by atoms with van der Waals surface area (Å²) in [5.41, 5.74) is 7.54. The van der Waals surface area contributed by atoms with E-state index in [4.69, 9.17) is 5.73 Å². The fraction of sp³-hybridized carbons (Fsp3) is 0.200. The Morgan fingerprint density at radius 3 is 2.19 bits per heavy atom. The number of hydrogen-bond donors (Lipinski definition) is 1. The van der Waals surface area contributed by atoms with Gasteiger partial charge in [-0.15, -0.1) is 0 Å². The van der Waals surface area contributed by atoms with Crippen molar-refractivity contribution in [2.75, 3.05) is 17.1 Å². The molecule has 0 aliphatic carbocycles. The Bertz CT molecular complexity index is 748. The van der Waals surface area contributed by atoms with Gasteiger partial charge in [0, 0.05) is 18.3 Å². The highest BCUT2D eigenvalue weighted by Crippen LogP contribution is 2.26. The topological polar surface area (TPSA) is 63.4 Å². The number of anilines is 2. The molecule has 0 heterocycles. The average molecular weight is 308 g/mol. The molecule has 0 atom stereocenters. The highest BCUT2D eigenvalue weighted by atomic mass is 32.2. The van der Waals surface area contributed by atoms with Crippen LogP contribution >= 0.6 is 0 Å². The Labute approximate surface area is 124 Å². The van der Waals surface area contributed by atoms with Crippen molar-refractivity contribution in [3.63, 3.8) is 0 Å². The van der Waals surface area contributed by atoms with Crippen LogP contribution in [0.5, 0.6) is 0 Å². The third kappa shape index (κ3) is 2.85. The second-order valence-electron chi connectivity index (χ2n) is 4.93. The van der Waals surface area contributed by atoms with Gasteiger partial charge in [0.25, 0.3) is 10.0 Å². The zero-order valence-corrected chi connectivity index (χ0v) is 12.9. The van der Waals surface area contributed by atoms with E-state index in [2.05, 4.69) is 0 Å². The van der Waals surface area contributed by atoms with Crippen LogP contribution in [0.15, 0.2) is 41.3 Å². The van der Waals surface area contributed by atoms with E-state index < -0.39 is 15.8 Å². The Hall–Kier alpha value is -2.08. The number of nitrogens with two attached hydrogens (primary N) is 1. The van der Waals surface area contributed by atoms with Gasteiger partial charge in [0.05, 0.1) is 10.6 Å². The third-order valence-electron chi connectivity index (χ3n) is 3.41.